The lowest BCUT2D eigenvalue weighted by molar-refractivity contribution is 0.169. The van der Waals surface area contributed by atoms with Gasteiger partial charge in [0.05, 0.1) is 23.3 Å². The fourth-order valence-corrected chi connectivity index (χ4v) is 9.05. The maximum atomic E-state index is 13.6. The summed E-state index contributed by atoms with van der Waals surface area (Å²) in [7, 11) is -7.82. The van der Waals surface area contributed by atoms with E-state index < -0.39 is 37.5 Å². The predicted octanol–water partition coefficient (Wildman–Crippen LogP) is 2.27. The number of amides is 1. The van der Waals surface area contributed by atoms with E-state index >= 15 is 0 Å². The average Bonchev–Trinajstić information content (AvgIpc) is 3.23. The van der Waals surface area contributed by atoms with E-state index in [-0.39, 0.29) is 30.0 Å². The van der Waals surface area contributed by atoms with Crippen molar-refractivity contribution in [3.63, 3.8) is 0 Å². The monoisotopic (exact) mass is 588 g/mol. The van der Waals surface area contributed by atoms with Crippen molar-refractivity contribution in [3.05, 3.63) is 59.8 Å². The molecule has 14 heteroatoms. The Bertz CT molecular complexity index is 1630. The van der Waals surface area contributed by atoms with Gasteiger partial charge in [-0.25, -0.2) is 22.5 Å². The molecule has 6 rings (SSSR count). The van der Waals surface area contributed by atoms with Crippen LogP contribution in [0.15, 0.2) is 52.6 Å². The topological polar surface area (TPSA) is 143 Å². The van der Waals surface area contributed by atoms with Gasteiger partial charge >= 0.3 is 16.3 Å². The Balaban J connectivity index is 1.20. The van der Waals surface area contributed by atoms with Crippen molar-refractivity contribution < 1.29 is 26.4 Å². The maximum absolute atomic E-state index is 13.6. The van der Waals surface area contributed by atoms with Gasteiger partial charge in [-0.2, -0.15) is 17.4 Å². The molecule has 1 aliphatic carbocycles. The van der Waals surface area contributed by atoms with E-state index in [1.54, 1.807) is 42.9 Å². The molecule has 4 atom stereocenters. The lowest BCUT2D eigenvalue weighted by Gasteiger charge is -2.30. The van der Waals surface area contributed by atoms with Crippen LogP contribution in [0.3, 0.4) is 0 Å². The highest BCUT2D eigenvalue weighted by Gasteiger charge is 2.78. The number of carbonyl (C=O) groups is 1. The van der Waals surface area contributed by atoms with Crippen LogP contribution in [0.2, 0.25) is 0 Å². The highest BCUT2D eigenvalue weighted by atomic mass is 32.2. The first kappa shape index (κ1) is 27.0. The number of hydrogen-bond donors (Lipinski definition) is 1. The average molecular weight is 589 g/mol. The summed E-state index contributed by atoms with van der Waals surface area (Å²) in [6.45, 7) is 5.86. The number of imidazole rings is 1. The largest absolute Gasteiger partial charge is 0.447 e. The van der Waals surface area contributed by atoms with Crippen LogP contribution in [0, 0.1) is 12.8 Å². The normalized spacial score (nSPS) is 26.3. The molecule has 214 valence electrons. The number of ether oxygens (including phenoxy) is 1. The molecule has 1 amide bonds. The van der Waals surface area contributed by atoms with Crippen LogP contribution in [-0.2, 0) is 36.9 Å². The number of cyclic esters (lactones) is 1. The zero-order chi connectivity index (χ0) is 28.5. The van der Waals surface area contributed by atoms with Crippen LogP contribution in [-0.4, -0.2) is 72.2 Å². The van der Waals surface area contributed by atoms with Crippen molar-refractivity contribution in [2.24, 2.45) is 10.9 Å². The fourth-order valence-electron chi connectivity index (χ4n) is 6.08. The summed E-state index contributed by atoms with van der Waals surface area (Å²) in [4.78, 5) is 21.4. The molecule has 1 aromatic carbocycles. The zero-order valence-corrected chi connectivity index (χ0v) is 24.2. The van der Waals surface area contributed by atoms with Crippen molar-refractivity contribution in [2.45, 2.75) is 68.6 Å². The summed E-state index contributed by atoms with van der Waals surface area (Å²) in [5.41, 5.74) is 0.162. The van der Waals surface area contributed by atoms with Gasteiger partial charge < -0.3 is 9.30 Å². The van der Waals surface area contributed by atoms with Gasteiger partial charge in [-0.3, -0.25) is 4.99 Å². The number of nitrogens with one attached hydrogen (secondary N) is 1. The highest BCUT2D eigenvalue weighted by molar-refractivity contribution is 7.89. The number of sulfonamides is 1. The van der Waals surface area contributed by atoms with Crippen LogP contribution < -0.4 is 4.72 Å². The van der Waals surface area contributed by atoms with Crippen LogP contribution in [0.25, 0.3) is 0 Å². The van der Waals surface area contributed by atoms with Crippen LogP contribution in [0.1, 0.15) is 50.2 Å². The number of carbonyl (C=O) groups excluding carboxylic acids is 1. The van der Waals surface area contributed by atoms with Crippen molar-refractivity contribution in [1.82, 2.24) is 22.9 Å². The van der Waals surface area contributed by atoms with E-state index in [9.17, 15) is 21.6 Å². The number of rotatable bonds is 10. The molecule has 4 heterocycles. The number of hydrogen-bond acceptors (Lipinski definition) is 8. The number of benzene rings is 1. The number of nitrogens with zero attached hydrogens (tertiary/aromatic N) is 5. The van der Waals surface area contributed by atoms with Crippen LogP contribution in [0.5, 0.6) is 0 Å². The minimum absolute atomic E-state index is 0.00405. The van der Waals surface area contributed by atoms with Gasteiger partial charge in [0.25, 0.3) is 10.0 Å². The number of aryl methyl sites for hydroxylation is 1. The number of aliphatic imine (C=N–C) groups is 1. The van der Waals surface area contributed by atoms with E-state index in [1.807, 2.05) is 26.8 Å². The fraction of sp³-hybridized carbons (Fsp3) is 0.500. The zero-order valence-electron chi connectivity index (χ0n) is 22.5. The summed E-state index contributed by atoms with van der Waals surface area (Å²) in [5, 5.41) is 0. The molecule has 3 aliphatic heterocycles. The molecule has 12 nitrogen and oxygen atoms in total. The molecule has 1 N–H and O–H groups in total. The van der Waals surface area contributed by atoms with Gasteiger partial charge in [0.2, 0.25) is 0 Å². The van der Waals surface area contributed by atoms with Gasteiger partial charge in [-0.15, -0.1) is 0 Å². The third kappa shape index (κ3) is 3.98. The molecule has 0 spiro atoms. The molecule has 40 heavy (non-hydrogen) atoms. The van der Waals surface area contributed by atoms with E-state index in [0.29, 0.717) is 25.7 Å². The molecule has 1 aromatic heterocycles. The summed E-state index contributed by atoms with van der Waals surface area (Å²) >= 11 is 0. The predicted molar refractivity (Wildman–Crippen MR) is 146 cm³/mol. The van der Waals surface area contributed by atoms with Crippen molar-refractivity contribution in [2.75, 3.05) is 13.2 Å². The third-order valence-electron chi connectivity index (χ3n) is 8.22. The molecule has 2 fully saturated rings. The second-order valence-corrected chi connectivity index (χ2v) is 14.4. The number of aromatic nitrogens is 2. The van der Waals surface area contributed by atoms with E-state index in [0.717, 1.165) is 21.4 Å². The minimum Gasteiger partial charge on any atom is -0.447 e. The van der Waals surface area contributed by atoms with E-state index in [2.05, 4.69) is 14.3 Å². The Kier molecular flexibility index (Phi) is 6.16. The standard InChI is InChI=1S/C26H32N6O6S2/c1-4-20(29-40(36,37)30-11-12-38-24(30)33)13-19(3)14-23-27-15-21-16-28-26-17-25(26,32(21)23)9-10-31(26)39(34,35)22-7-5-18(2)6-8-22/h5-10,15-16,19-20,29H,4,11-14,17H2,1-3H3/t19-,20-,25?,26?/m1/s1. The highest BCUT2D eigenvalue weighted by Crippen LogP contribution is 2.66. The minimum atomic E-state index is -4.00. The Labute approximate surface area is 234 Å². The van der Waals surface area contributed by atoms with Crippen LogP contribution >= 0.6 is 0 Å². The Hall–Kier alpha value is -3.23. The molecule has 4 aliphatic rings. The van der Waals surface area contributed by atoms with Crippen molar-refractivity contribution in [1.29, 1.82) is 0 Å². The molecule has 1 saturated carbocycles. The van der Waals surface area contributed by atoms with Gasteiger partial charge in [0.1, 0.15) is 18.0 Å². The third-order valence-corrected chi connectivity index (χ3v) is 11.6. The maximum Gasteiger partial charge on any atom is 0.424 e. The van der Waals surface area contributed by atoms with Gasteiger partial charge in [0.15, 0.2) is 5.66 Å². The molecule has 1 saturated heterocycles. The summed E-state index contributed by atoms with van der Waals surface area (Å²) in [5.74, 6) is 0.821. The second-order valence-electron chi connectivity index (χ2n) is 11.0. The summed E-state index contributed by atoms with van der Waals surface area (Å²) < 4.78 is 64.3. The van der Waals surface area contributed by atoms with Gasteiger partial charge in [0, 0.05) is 31.3 Å². The molecule has 0 bridgehead atoms. The van der Waals surface area contributed by atoms with E-state index in [4.69, 9.17) is 9.73 Å². The second kappa shape index (κ2) is 9.14. The first-order chi connectivity index (χ1) is 18.9. The SMILES string of the molecule is CC[C@H](C[C@@H](C)Cc1ncc2n1C13C=CN(S(=O)(=O)c4ccc(C)cc4)C1(C3)N=C2)NS(=O)(=O)N1CCOC1=O. The quantitative estimate of drug-likeness (QED) is 0.449. The summed E-state index contributed by atoms with van der Waals surface area (Å²) in [6.07, 6.45) is 8.21. The lowest BCUT2D eigenvalue weighted by Crippen LogP contribution is -2.46. The van der Waals surface area contributed by atoms with Gasteiger partial charge in [-0.05, 0) is 43.9 Å². The van der Waals surface area contributed by atoms with Gasteiger partial charge in [-0.1, -0.05) is 31.5 Å². The summed E-state index contributed by atoms with van der Waals surface area (Å²) in [6, 6.07) is 6.41. The van der Waals surface area contributed by atoms with E-state index in [1.165, 1.54) is 4.31 Å². The lowest BCUT2D eigenvalue weighted by atomic mass is 9.97. The van der Waals surface area contributed by atoms with Crippen LogP contribution in [0.4, 0.5) is 4.79 Å². The van der Waals surface area contributed by atoms with Crippen molar-refractivity contribution in [3.8, 4) is 0 Å². The molecule has 2 aromatic rings. The number of fused-ring (bicyclic) bond motifs is 1. The molecule has 2 unspecified atom stereocenters. The smallest absolute Gasteiger partial charge is 0.424 e. The first-order valence-corrected chi connectivity index (χ1v) is 16.2. The van der Waals surface area contributed by atoms with Crippen molar-refractivity contribution >= 4 is 32.5 Å². The Morgan fingerprint density at radius 3 is 2.60 bits per heavy atom. The Morgan fingerprint density at radius 2 is 1.93 bits per heavy atom. The molecular weight excluding hydrogens is 556 g/mol. The molecule has 0 radical (unpaired) electrons. The first-order valence-electron chi connectivity index (χ1n) is 13.3. The molecular formula is C26H32N6O6S2. The Morgan fingerprint density at radius 1 is 1.18 bits per heavy atom.